The lowest BCUT2D eigenvalue weighted by molar-refractivity contribution is 0.350. The van der Waals surface area contributed by atoms with Gasteiger partial charge in [0.1, 0.15) is 10.7 Å². The number of halogens is 1. The third-order valence-corrected chi connectivity index (χ3v) is 5.63. The topological polar surface area (TPSA) is 67.9 Å². The lowest BCUT2D eigenvalue weighted by Crippen LogP contribution is -2.35. The molecular weight excluding hydrogens is 371 g/mol. The largest absolute Gasteiger partial charge is 0.493 e. The second kappa shape index (κ2) is 9.05. The molecule has 0 spiro atoms. The first kappa shape index (κ1) is 21.0. The maximum absolute atomic E-state index is 14.2. The molecule has 0 radical (unpaired) electrons. The summed E-state index contributed by atoms with van der Waals surface area (Å²) in [6.07, 6.45) is 0. The summed E-state index contributed by atoms with van der Waals surface area (Å²) in [6.45, 7) is 5.30. The number of sulfonamides is 1. The Labute approximate surface area is 160 Å². The van der Waals surface area contributed by atoms with Crippen LogP contribution in [0.15, 0.2) is 41.3 Å². The standard InChI is InChI=1S/C19H25FN2O4S/c1-5-22(15-8-6-7-14(2)11-15)10-9-21-27(23,24)19-13-18(26-4)17(25-3)12-16(19)20/h6-8,11-13,21H,5,9-10H2,1-4H3. The van der Waals surface area contributed by atoms with Crippen LogP contribution in [-0.4, -0.2) is 42.3 Å². The number of aryl methyl sites for hydroxylation is 1. The Morgan fingerprint density at radius 1 is 1.11 bits per heavy atom. The van der Waals surface area contributed by atoms with Crippen molar-refractivity contribution >= 4 is 15.7 Å². The second-order valence-electron chi connectivity index (χ2n) is 5.95. The minimum atomic E-state index is -4.03. The molecular formula is C19H25FN2O4S. The molecule has 8 heteroatoms. The number of ether oxygens (including phenoxy) is 2. The van der Waals surface area contributed by atoms with Crippen LogP contribution >= 0.6 is 0 Å². The van der Waals surface area contributed by atoms with Gasteiger partial charge in [0.25, 0.3) is 0 Å². The molecule has 0 aliphatic carbocycles. The van der Waals surface area contributed by atoms with E-state index >= 15 is 0 Å². The highest BCUT2D eigenvalue weighted by Gasteiger charge is 2.22. The maximum atomic E-state index is 14.2. The van der Waals surface area contributed by atoms with Gasteiger partial charge in [-0.05, 0) is 31.5 Å². The lowest BCUT2D eigenvalue weighted by atomic mass is 10.2. The third-order valence-electron chi connectivity index (χ3n) is 4.15. The second-order valence-corrected chi connectivity index (χ2v) is 7.69. The number of methoxy groups -OCH3 is 2. The smallest absolute Gasteiger partial charge is 0.243 e. The SMILES string of the molecule is CCN(CCNS(=O)(=O)c1cc(OC)c(OC)cc1F)c1cccc(C)c1. The Hall–Kier alpha value is -2.32. The summed E-state index contributed by atoms with van der Waals surface area (Å²) >= 11 is 0. The zero-order valence-electron chi connectivity index (χ0n) is 16.0. The normalized spacial score (nSPS) is 11.3. The van der Waals surface area contributed by atoms with E-state index in [1.807, 2.05) is 43.0 Å². The fraction of sp³-hybridized carbons (Fsp3) is 0.368. The summed E-state index contributed by atoms with van der Waals surface area (Å²) in [6, 6.07) is 10.1. The molecule has 27 heavy (non-hydrogen) atoms. The molecule has 0 atom stereocenters. The van der Waals surface area contributed by atoms with E-state index in [1.165, 1.54) is 14.2 Å². The summed E-state index contributed by atoms with van der Waals surface area (Å²) in [7, 11) is -1.31. The Kier molecular flexibility index (Phi) is 7.04. The summed E-state index contributed by atoms with van der Waals surface area (Å²) in [5, 5.41) is 0. The van der Waals surface area contributed by atoms with Crippen molar-refractivity contribution in [2.75, 3.05) is 38.8 Å². The fourth-order valence-electron chi connectivity index (χ4n) is 2.73. The third kappa shape index (κ3) is 5.11. The van der Waals surface area contributed by atoms with Crippen molar-refractivity contribution in [2.24, 2.45) is 0 Å². The van der Waals surface area contributed by atoms with Crippen LogP contribution in [0, 0.1) is 12.7 Å². The van der Waals surface area contributed by atoms with Crippen LogP contribution in [0.3, 0.4) is 0 Å². The number of likely N-dealkylation sites (N-methyl/N-ethyl adjacent to an activating group) is 1. The van der Waals surface area contributed by atoms with Crippen LogP contribution in [0.25, 0.3) is 0 Å². The molecule has 0 aliphatic heterocycles. The van der Waals surface area contributed by atoms with E-state index in [2.05, 4.69) is 4.72 Å². The van der Waals surface area contributed by atoms with Gasteiger partial charge in [-0.25, -0.2) is 17.5 Å². The Bertz CT molecular complexity index is 887. The molecule has 2 aromatic rings. The molecule has 6 nitrogen and oxygen atoms in total. The molecule has 1 N–H and O–H groups in total. The van der Waals surface area contributed by atoms with Crippen LogP contribution in [0.1, 0.15) is 12.5 Å². The van der Waals surface area contributed by atoms with E-state index in [9.17, 15) is 12.8 Å². The first-order chi connectivity index (χ1) is 12.8. The highest BCUT2D eigenvalue weighted by atomic mass is 32.2. The lowest BCUT2D eigenvalue weighted by Gasteiger charge is -2.23. The predicted molar refractivity (Wildman–Crippen MR) is 104 cm³/mol. The predicted octanol–water partition coefficient (Wildman–Crippen LogP) is 2.96. The maximum Gasteiger partial charge on any atom is 0.243 e. The van der Waals surface area contributed by atoms with Crippen molar-refractivity contribution in [1.82, 2.24) is 4.72 Å². The number of hydrogen-bond donors (Lipinski definition) is 1. The van der Waals surface area contributed by atoms with Gasteiger partial charge in [-0.3, -0.25) is 0 Å². The van der Waals surface area contributed by atoms with E-state index in [-0.39, 0.29) is 18.0 Å². The summed E-state index contributed by atoms with van der Waals surface area (Å²) in [5.41, 5.74) is 2.13. The zero-order chi connectivity index (χ0) is 20.0. The van der Waals surface area contributed by atoms with Crippen molar-refractivity contribution < 1.29 is 22.3 Å². The number of hydrogen-bond acceptors (Lipinski definition) is 5. The molecule has 0 heterocycles. The molecule has 0 saturated carbocycles. The summed E-state index contributed by atoms with van der Waals surface area (Å²) in [4.78, 5) is 1.57. The molecule has 0 saturated heterocycles. The minimum Gasteiger partial charge on any atom is -0.493 e. The van der Waals surface area contributed by atoms with E-state index in [4.69, 9.17) is 9.47 Å². The average Bonchev–Trinajstić information content (AvgIpc) is 2.64. The molecule has 0 fully saturated rings. The number of benzene rings is 2. The van der Waals surface area contributed by atoms with Crippen LogP contribution in [-0.2, 0) is 10.0 Å². The van der Waals surface area contributed by atoms with E-state index in [0.717, 1.165) is 29.9 Å². The Morgan fingerprint density at radius 2 is 1.78 bits per heavy atom. The Balaban J connectivity index is 2.12. The number of anilines is 1. The van der Waals surface area contributed by atoms with E-state index < -0.39 is 20.7 Å². The summed E-state index contributed by atoms with van der Waals surface area (Å²) < 4.78 is 51.8. The van der Waals surface area contributed by atoms with Gasteiger partial charge < -0.3 is 14.4 Å². The van der Waals surface area contributed by atoms with Gasteiger partial charge >= 0.3 is 0 Å². The monoisotopic (exact) mass is 396 g/mol. The number of nitrogens with zero attached hydrogens (tertiary/aromatic N) is 1. The zero-order valence-corrected chi connectivity index (χ0v) is 16.8. The number of nitrogens with one attached hydrogen (secondary N) is 1. The first-order valence-electron chi connectivity index (χ1n) is 8.55. The first-order valence-corrected chi connectivity index (χ1v) is 10.0. The van der Waals surface area contributed by atoms with E-state index in [0.29, 0.717) is 6.54 Å². The van der Waals surface area contributed by atoms with Gasteiger partial charge in [-0.2, -0.15) is 0 Å². The van der Waals surface area contributed by atoms with Crippen molar-refractivity contribution in [1.29, 1.82) is 0 Å². The van der Waals surface area contributed by atoms with Gasteiger partial charge in [0.15, 0.2) is 11.5 Å². The molecule has 0 amide bonds. The Morgan fingerprint density at radius 3 is 2.37 bits per heavy atom. The fourth-order valence-corrected chi connectivity index (χ4v) is 3.82. The summed E-state index contributed by atoms with van der Waals surface area (Å²) in [5.74, 6) is -0.619. The van der Waals surface area contributed by atoms with Crippen molar-refractivity contribution in [2.45, 2.75) is 18.7 Å². The van der Waals surface area contributed by atoms with Gasteiger partial charge in [-0.15, -0.1) is 0 Å². The van der Waals surface area contributed by atoms with Crippen LogP contribution in [0.5, 0.6) is 11.5 Å². The molecule has 2 aromatic carbocycles. The van der Waals surface area contributed by atoms with Gasteiger partial charge in [0.05, 0.1) is 14.2 Å². The number of rotatable bonds is 9. The molecule has 0 aromatic heterocycles. The van der Waals surface area contributed by atoms with E-state index in [1.54, 1.807) is 0 Å². The average molecular weight is 396 g/mol. The molecule has 2 rings (SSSR count). The molecule has 0 bridgehead atoms. The van der Waals surface area contributed by atoms with Crippen molar-refractivity contribution in [3.8, 4) is 11.5 Å². The highest BCUT2D eigenvalue weighted by molar-refractivity contribution is 7.89. The van der Waals surface area contributed by atoms with Gasteiger partial charge in [-0.1, -0.05) is 12.1 Å². The van der Waals surface area contributed by atoms with Crippen LogP contribution in [0.2, 0.25) is 0 Å². The molecule has 148 valence electrons. The quantitative estimate of drug-likeness (QED) is 0.706. The van der Waals surface area contributed by atoms with Gasteiger partial charge in [0.2, 0.25) is 10.0 Å². The van der Waals surface area contributed by atoms with Crippen LogP contribution in [0.4, 0.5) is 10.1 Å². The van der Waals surface area contributed by atoms with Crippen molar-refractivity contribution in [3.05, 3.63) is 47.8 Å². The minimum absolute atomic E-state index is 0.130. The van der Waals surface area contributed by atoms with Gasteiger partial charge in [0, 0.05) is 37.5 Å². The van der Waals surface area contributed by atoms with Crippen LogP contribution < -0.4 is 19.1 Å². The molecule has 0 aliphatic rings. The van der Waals surface area contributed by atoms with Crippen molar-refractivity contribution in [3.63, 3.8) is 0 Å². The molecule has 0 unspecified atom stereocenters. The highest BCUT2D eigenvalue weighted by Crippen LogP contribution is 2.31.